The standard InChI is InChI=1S/C14H18O4/c15-14(16)9-12-2-1-3-13(8-12)18-10-11-4-6-17-7-5-11/h1-3,8,11H,4-7,9-10H2,(H,15,16). The number of carboxylic acid groups (broad SMARTS) is 1. The molecule has 4 heteroatoms. The molecule has 1 aliphatic heterocycles. The molecular formula is C14H18O4. The van der Waals surface area contributed by atoms with Crippen LogP contribution in [-0.4, -0.2) is 30.9 Å². The van der Waals surface area contributed by atoms with Crippen molar-refractivity contribution in [3.63, 3.8) is 0 Å². The van der Waals surface area contributed by atoms with Gasteiger partial charge in [0.25, 0.3) is 0 Å². The lowest BCUT2D eigenvalue weighted by atomic mass is 10.0. The van der Waals surface area contributed by atoms with E-state index in [-0.39, 0.29) is 6.42 Å². The van der Waals surface area contributed by atoms with Crippen LogP contribution in [0.25, 0.3) is 0 Å². The topological polar surface area (TPSA) is 55.8 Å². The predicted octanol–water partition coefficient (Wildman–Crippen LogP) is 2.12. The van der Waals surface area contributed by atoms with Crippen molar-refractivity contribution in [3.05, 3.63) is 29.8 Å². The van der Waals surface area contributed by atoms with Crippen molar-refractivity contribution in [1.82, 2.24) is 0 Å². The number of carboxylic acids is 1. The highest BCUT2D eigenvalue weighted by molar-refractivity contribution is 5.70. The number of rotatable bonds is 5. The van der Waals surface area contributed by atoms with E-state index in [1.54, 1.807) is 12.1 Å². The molecule has 0 bridgehead atoms. The highest BCUT2D eigenvalue weighted by atomic mass is 16.5. The summed E-state index contributed by atoms with van der Waals surface area (Å²) >= 11 is 0. The fourth-order valence-corrected chi connectivity index (χ4v) is 2.05. The van der Waals surface area contributed by atoms with Crippen LogP contribution in [0.2, 0.25) is 0 Å². The summed E-state index contributed by atoms with van der Waals surface area (Å²) in [7, 11) is 0. The molecular weight excluding hydrogens is 232 g/mol. The second-order valence-electron chi connectivity index (χ2n) is 4.58. The molecule has 1 aromatic carbocycles. The molecule has 0 atom stereocenters. The first-order valence-electron chi connectivity index (χ1n) is 6.25. The second-order valence-corrected chi connectivity index (χ2v) is 4.58. The zero-order valence-corrected chi connectivity index (χ0v) is 10.3. The number of carbonyl (C=O) groups is 1. The highest BCUT2D eigenvalue weighted by Gasteiger charge is 2.14. The van der Waals surface area contributed by atoms with Crippen LogP contribution in [0.15, 0.2) is 24.3 Å². The van der Waals surface area contributed by atoms with Crippen LogP contribution in [0.5, 0.6) is 5.75 Å². The lowest BCUT2D eigenvalue weighted by Gasteiger charge is -2.22. The smallest absolute Gasteiger partial charge is 0.307 e. The van der Waals surface area contributed by atoms with E-state index in [1.807, 2.05) is 12.1 Å². The maximum absolute atomic E-state index is 10.6. The molecule has 0 aliphatic carbocycles. The van der Waals surface area contributed by atoms with Gasteiger partial charge in [0.05, 0.1) is 13.0 Å². The summed E-state index contributed by atoms with van der Waals surface area (Å²) in [5, 5.41) is 8.74. The van der Waals surface area contributed by atoms with Gasteiger partial charge in [0.2, 0.25) is 0 Å². The molecule has 18 heavy (non-hydrogen) atoms. The van der Waals surface area contributed by atoms with Crippen molar-refractivity contribution in [2.75, 3.05) is 19.8 Å². The molecule has 2 rings (SSSR count). The van der Waals surface area contributed by atoms with Gasteiger partial charge in [0.1, 0.15) is 5.75 Å². The van der Waals surface area contributed by atoms with Crippen molar-refractivity contribution in [1.29, 1.82) is 0 Å². The summed E-state index contributed by atoms with van der Waals surface area (Å²) < 4.78 is 11.0. The summed E-state index contributed by atoms with van der Waals surface area (Å²) in [6.07, 6.45) is 2.11. The van der Waals surface area contributed by atoms with E-state index in [9.17, 15) is 4.79 Å². The van der Waals surface area contributed by atoms with E-state index in [4.69, 9.17) is 14.6 Å². The van der Waals surface area contributed by atoms with Crippen molar-refractivity contribution < 1.29 is 19.4 Å². The Morgan fingerprint density at radius 3 is 2.89 bits per heavy atom. The molecule has 0 aromatic heterocycles. The molecule has 1 saturated heterocycles. The van der Waals surface area contributed by atoms with Crippen LogP contribution in [-0.2, 0) is 16.0 Å². The monoisotopic (exact) mass is 250 g/mol. The van der Waals surface area contributed by atoms with Gasteiger partial charge in [-0.05, 0) is 36.5 Å². The first-order valence-corrected chi connectivity index (χ1v) is 6.25. The molecule has 1 fully saturated rings. The zero-order chi connectivity index (χ0) is 12.8. The van der Waals surface area contributed by atoms with Crippen LogP contribution < -0.4 is 4.74 Å². The fourth-order valence-electron chi connectivity index (χ4n) is 2.05. The second kappa shape index (κ2) is 6.40. The number of hydrogen-bond donors (Lipinski definition) is 1. The van der Waals surface area contributed by atoms with Crippen LogP contribution in [0.3, 0.4) is 0 Å². The molecule has 1 aliphatic rings. The maximum atomic E-state index is 10.6. The van der Waals surface area contributed by atoms with E-state index >= 15 is 0 Å². The predicted molar refractivity (Wildman–Crippen MR) is 66.8 cm³/mol. The average molecular weight is 250 g/mol. The van der Waals surface area contributed by atoms with Gasteiger partial charge in [-0.25, -0.2) is 0 Å². The molecule has 0 spiro atoms. The zero-order valence-electron chi connectivity index (χ0n) is 10.3. The average Bonchev–Trinajstić information content (AvgIpc) is 2.37. The first kappa shape index (κ1) is 12.9. The van der Waals surface area contributed by atoms with E-state index in [2.05, 4.69) is 0 Å². The SMILES string of the molecule is O=C(O)Cc1cccc(OCC2CCOCC2)c1. The van der Waals surface area contributed by atoms with Crippen LogP contribution >= 0.6 is 0 Å². The number of aliphatic carboxylic acids is 1. The lowest BCUT2D eigenvalue weighted by molar-refractivity contribution is -0.136. The largest absolute Gasteiger partial charge is 0.493 e. The molecule has 1 heterocycles. The van der Waals surface area contributed by atoms with Gasteiger partial charge < -0.3 is 14.6 Å². The normalized spacial score (nSPS) is 16.4. The molecule has 98 valence electrons. The fraction of sp³-hybridized carbons (Fsp3) is 0.500. The van der Waals surface area contributed by atoms with Crippen molar-refractivity contribution >= 4 is 5.97 Å². The summed E-state index contributed by atoms with van der Waals surface area (Å²) in [4.78, 5) is 10.6. The first-order chi connectivity index (χ1) is 8.74. The third kappa shape index (κ3) is 4.04. The number of benzene rings is 1. The third-order valence-electron chi connectivity index (χ3n) is 3.08. The van der Waals surface area contributed by atoms with E-state index in [1.165, 1.54) is 0 Å². The van der Waals surface area contributed by atoms with Crippen LogP contribution in [0.1, 0.15) is 18.4 Å². The Morgan fingerprint density at radius 2 is 2.17 bits per heavy atom. The highest BCUT2D eigenvalue weighted by Crippen LogP contribution is 2.19. The van der Waals surface area contributed by atoms with Gasteiger partial charge in [0, 0.05) is 13.2 Å². The molecule has 0 amide bonds. The molecule has 0 radical (unpaired) electrons. The number of hydrogen-bond acceptors (Lipinski definition) is 3. The molecule has 1 N–H and O–H groups in total. The minimum atomic E-state index is -0.823. The van der Waals surface area contributed by atoms with Crippen molar-refractivity contribution in [3.8, 4) is 5.75 Å². The minimum absolute atomic E-state index is 0.0362. The van der Waals surface area contributed by atoms with Gasteiger partial charge in [-0.15, -0.1) is 0 Å². The van der Waals surface area contributed by atoms with Crippen LogP contribution in [0, 0.1) is 5.92 Å². The Hall–Kier alpha value is -1.55. The maximum Gasteiger partial charge on any atom is 0.307 e. The molecule has 0 unspecified atom stereocenters. The Labute approximate surface area is 107 Å². The van der Waals surface area contributed by atoms with Gasteiger partial charge in [-0.3, -0.25) is 4.79 Å². The summed E-state index contributed by atoms with van der Waals surface area (Å²) in [5.74, 6) is 0.471. The number of ether oxygens (including phenoxy) is 2. The Bertz CT molecular complexity index is 397. The molecule has 4 nitrogen and oxygen atoms in total. The van der Waals surface area contributed by atoms with Gasteiger partial charge in [-0.2, -0.15) is 0 Å². The van der Waals surface area contributed by atoms with Gasteiger partial charge in [-0.1, -0.05) is 12.1 Å². The summed E-state index contributed by atoms with van der Waals surface area (Å²) in [6, 6.07) is 7.30. The van der Waals surface area contributed by atoms with E-state index in [0.717, 1.165) is 37.4 Å². The quantitative estimate of drug-likeness (QED) is 0.869. The van der Waals surface area contributed by atoms with Gasteiger partial charge in [0.15, 0.2) is 0 Å². The van der Waals surface area contributed by atoms with Crippen molar-refractivity contribution in [2.24, 2.45) is 5.92 Å². The van der Waals surface area contributed by atoms with Gasteiger partial charge >= 0.3 is 5.97 Å². The Balaban J connectivity index is 1.86. The Morgan fingerprint density at radius 1 is 1.39 bits per heavy atom. The molecule has 0 saturated carbocycles. The van der Waals surface area contributed by atoms with E-state index < -0.39 is 5.97 Å². The van der Waals surface area contributed by atoms with E-state index in [0.29, 0.717) is 12.5 Å². The summed E-state index contributed by atoms with van der Waals surface area (Å²) in [5.41, 5.74) is 0.770. The minimum Gasteiger partial charge on any atom is -0.493 e. The van der Waals surface area contributed by atoms with Crippen molar-refractivity contribution in [2.45, 2.75) is 19.3 Å². The summed E-state index contributed by atoms with van der Waals surface area (Å²) in [6.45, 7) is 2.31. The molecule has 1 aromatic rings. The Kier molecular flexibility index (Phi) is 4.59. The lowest BCUT2D eigenvalue weighted by Crippen LogP contribution is -2.21. The third-order valence-corrected chi connectivity index (χ3v) is 3.08. The van der Waals surface area contributed by atoms with Crippen LogP contribution in [0.4, 0.5) is 0 Å².